The monoisotopic (exact) mass is 479 g/mol. The van der Waals surface area contributed by atoms with Crippen LogP contribution in [-0.4, -0.2) is 41.2 Å². The molecular formula is C27H30ClN3O3. The molecule has 0 saturated heterocycles. The number of nitrogens with zero attached hydrogens (tertiary/aromatic N) is 3. The Balaban J connectivity index is 1.33. The average molecular weight is 480 g/mol. The van der Waals surface area contributed by atoms with Crippen LogP contribution in [0.3, 0.4) is 0 Å². The zero-order valence-electron chi connectivity index (χ0n) is 19.8. The maximum Gasteiger partial charge on any atom is 0.306 e. The molecule has 6 nitrogen and oxygen atoms in total. The molecule has 0 amide bonds. The lowest BCUT2D eigenvalue weighted by Gasteiger charge is -2.21. The minimum Gasteiger partial charge on any atom is -0.494 e. The second-order valence-corrected chi connectivity index (χ2v) is 9.40. The smallest absolute Gasteiger partial charge is 0.306 e. The lowest BCUT2D eigenvalue weighted by Crippen LogP contribution is -2.22. The van der Waals surface area contributed by atoms with Crippen LogP contribution < -0.4 is 9.64 Å². The summed E-state index contributed by atoms with van der Waals surface area (Å²) >= 11 is 6.00. The SMILES string of the molecule is Cc1cnc(-c2ccc(Cl)cc2)nc1N(C)CCCOc1ccc2c(c1)CC[C@H]2[C@H](C)C(=O)O. The number of anilines is 1. The third-order valence-electron chi connectivity index (χ3n) is 6.55. The van der Waals surface area contributed by atoms with Crippen molar-refractivity contribution in [2.45, 2.75) is 39.0 Å². The van der Waals surface area contributed by atoms with Crippen LogP contribution in [0.2, 0.25) is 5.02 Å². The van der Waals surface area contributed by atoms with Gasteiger partial charge in [0.05, 0.1) is 12.5 Å². The Morgan fingerprint density at radius 2 is 2.03 bits per heavy atom. The molecule has 1 N–H and O–H groups in total. The van der Waals surface area contributed by atoms with Gasteiger partial charge in [0.25, 0.3) is 0 Å². The molecule has 1 aliphatic carbocycles. The number of carbonyl (C=O) groups is 1. The Labute approximate surface area is 205 Å². The second-order valence-electron chi connectivity index (χ2n) is 8.96. The minimum atomic E-state index is -0.735. The van der Waals surface area contributed by atoms with E-state index in [-0.39, 0.29) is 11.8 Å². The molecule has 1 heterocycles. The van der Waals surface area contributed by atoms with Gasteiger partial charge in [0, 0.05) is 35.9 Å². The number of fused-ring (bicyclic) bond motifs is 1. The Bertz CT molecular complexity index is 1170. The predicted octanol–water partition coefficient (Wildman–Crippen LogP) is 5.76. The van der Waals surface area contributed by atoms with Crippen LogP contribution in [0.4, 0.5) is 5.82 Å². The summed E-state index contributed by atoms with van der Waals surface area (Å²) in [5.41, 5.74) is 4.31. The largest absolute Gasteiger partial charge is 0.494 e. The third kappa shape index (κ3) is 5.33. The molecule has 0 spiro atoms. The van der Waals surface area contributed by atoms with Gasteiger partial charge in [0.2, 0.25) is 0 Å². The summed E-state index contributed by atoms with van der Waals surface area (Å²) in [6.45, 7) is 5.19. The van der Waals surface area contributed by atoms with Gasteiger partial charge in [-0.05, 0) is 79.6 Å². The summed E-state index contributed by atoms with van der Waals surface area (Å²) in [5.74, 6) is 1.40. The first-order chi connectivity index (χ1) is 16.3. The molecule has 178 valence electrons. The molecule has 2 aromatic carbocycles. The fourth-order valence-corrected chi connectivity index (χ4v) is 4.69. The van der Waals surface area contributed by atoms with E-state index >= 15 is 0 Å². The van der Waals surface area contributed by atoms with Gasteiger partial charge in [-0.25, -0.2) is 9.97 Å². The number of hydrogen-bond donors (Lipinski definition) is 1. The summed E-state index contributed by atoms with van der Waals surface area (Å²) in [6, 6.07) is 13.6. The molecule has 3 aromatic rings. The normalized spacial score (nSPS) is 15.6. The van der Waals surface area contributed by atoms with E-state index < -0.39 is 5.97 Å². The summed E-state index contributed by atoms with van der Waals surface area (Å²) in [6.07, 6.45) is 4.47. The maximum atomic E-state index is 11.4. The van der Waals surface area contributed by atoms with Gasteiger partial charge in [-0.3, -0.25) is 4.79 Å². The fourth-order valence-electron chi connectivity index (χ4n) is 4.56. The third-order valence-corrected chi connectivity index (χ3v) is 6.80. The second kappa shape index (κ2) is 10.4. The number of carboxylic acids is 1. The first kappa shape index (κ1) is 24.0. The number of hydrogen-bond acceptors (Lipinski definition) is 5. The van der Waals surface area contributed by atoms with Gasteiger partial charge < -0.3 is 14.7 Å². The van der Waals surface area contributed by atoms with E-state index in [1.807, 2.05) is 56.6 Å². The molecule has 34 heavy (non-hydrogen) atoms. The van der Waals surface area contributed by atoms with E-state index in [0.29, 0.717) is 17.5 Å². The van der Waals surface area contributed by atoms with Crippen LogP contribution in [0.1, 0.15) is 42.4 Å². The minimum absolute atomic E-state index is 0.0871. The van der Waals surface area contributed by atoms with Gasteiger partial charge >= 0.3 is 5.97 Å². The number of benzene rings is 2. The van der Waals surface area contributed by atoms with Crippen LogP contribution in [0, 0.1) is 12.8 Å². The highest BCUT2D eigenvalue weighted by Crippen LogP contribution is 2.40. The number of aliphatic carboxylic acids is 1. The van der Waals surface area contributed by atoms with Crippen molar-refractivity contribution in [2.24, 2.45) is 5.92 Å². The van der Waals surface area contributed by atoms with Gasteiger partial charge in [-0.2, -0.15) is 0 Å². The number of rotatable bonds is 9. The molecule has 0 aliphatic heterocycles. The molecule has 0 fully saturated rings. The number of halogens is 1. The van der Waals surface area contributed by atoms with E-state index in [2.05, 4.69) is 16.0 Å². The summed E-state index contributed by atoms with van der Waals surface area (Å²) in [5, 5.41) is 10.0. The lowest BCUT2D eigenvalue weighted by atomic mass is 9.89. The van der Waals surface area contributed by atoms with Crippen molar-refractivity contribution in [2.75, 3.05) is 25.1 Å². The summed E-state index contributed by atoms with van der Waals surface area (Å²) in [4.78, 5) is 22.7. The molecule has 0 bridgehead atoms. The summed E-state index contributed by atoms with van der Waals surface area (Å²) < 4.78 is 6.01. The Hall–Kier alpha value is -3.12. The average Bonchev–Trinajstić information content (AvgIpc) is 3.25. The van der Waals surface area contributed by atoms with Crippen LogP contribution in [0.5, 0.6) is 5.75 Å². The highest BCUT2D eigenvalue weighted by molar-refractivity contribution is 6.30. The van der Waals surface area contributed by atoms with Crippen molar-refractivity contribution in [3.8, 4) is 17.1 Å². The fraction of sp³-hybridized carbons (Fsp3) is 0.370. The Kier molecular flexibility index (Phi) is 7.37. The highest BCUT2D eigenvalue weighted by Gasteiger charge is 2.31. The lowest BCUT2D eigenvalue weighted by molar-refractivity contribution is -0.141. The zero-order valence-corrected chi connectivity index (χ0v) is 20.5. The van der Waals surface area contributed by atoms with Gasteiger partial charge in [-0.1, -0.05) is 24.6 Å². The van der Waals surface area contributed by atoms with Crippen molar-refractivity contribution in [3.05, 3.63) is 70.4 Å². The molecule has 0 unspecified atom stereocenters. The quantitative estimate of drug-likeness (QED) is 0.393. The molecule has 0 saturated carbocycles. The Morgan fingerprint density at radius 1 is 1.26 bits per heavy atom. The predicted molar refractivity (Wildman–Crippen MR) is 135 cm³/mol. The van der Waals surface area contributed by atoms with E-state index in [1.54, 1.807) is 6.92 Å². The van der Waals surface area contributed by atoms with Crippen LogP contribution in [-0.2, 0) is 11.2 Å². The van der Waals surface area contributed by atoms with Crippen molar-refractivity contribution >= 4 is 23.4 Å². The number of carboxylic acid groups (broad SMARTS) is 1. The first-order valence-corrected chi connectivity index (χ1v) is 12.0. The van der Waals surface area contributed by atoms with Crippen LogP contribution >= 0.6 is 11.6 Å². The number of aromatic nitrogens is 2. The topological polar surface area (TPSA) is 75.5 Å². The molecule has 1 aliphatic rings. The molecule has 2 atom stereocenters. The standard InChI is InChI=1S/C27H30ClN3O3/c1-17-16-29-25(19-5-8-21(28)9-6-19)30-26(17)31(3)13-4-14-34-22-10-12-24-20(15-22)7-11-23(24)18(2)27(32)33/h5-6,8-10,12,15-16,18,23H,4,7,11,13-14H2,1-3H3,(H,32,33)/t18-,23-/m0/s1. The van der Waals surface area contributed by atoms with Crippen molar-refractivity contribution in [1.82, 2.24) is 9.97 Å². The van der Waals surface area contributed by atoms with Crippen LogP contribution in [0.15, 0.2) is 48.7 Å². The first-order valence-electron chi connectivity index (χ1n) is 11.6. The maximum absolute atomic E-state index is 11.4. The van der Waals surface area contributed by atoms with E-state index in [0.717, 1.165) is 54.1 Å². The number of ether oxygens (including phenoxy) is 1. The molecular weight excluding hydrogens is 450 g/mol. The van der Waals surface area contributed by atoms with E-state index in [9.17, 15) is 9.90 Å². The molecule has 0 radical (unpaired) electrons. The van der Waals surface area contributed by atoms with Crippen molar-refractivity contribution in [3.63, 3.8) is 0 Å². The zero-order chi connectivity index (χ0) is 24.2. The van der Waals surface area contributed by atoms with Crippen LogP contribution in [0.25, 0.3) is 11.4 Å². The molecule has 7 heteroatoms. The number of aryl methyl sites for hydroxylation is 2. The van der Waals surface area contributed by atoms with Gasteiger partial charge in [-0.15, -0.1) is 0 Å². The van der Waals surface area contributed by atoms with Gasteiger partial charge in [0.1, 0.15) is 11.6 Å². The van der Waals surface area contributed by atoms with Gasteiger partial charge in [0.15, 0.2) is 5.82 Å². The van der Waals surface area contributed by atoms with Crippen molar-refractivity contribution in [1.29, 1.82) is 0 Å². The highest BCUT2D eigenvalue weighted by atomic mass is 35.5. The van der Waals surface area contributed by atoms with E-state index in [4.69, 9.17) is 21.3 Å². The van der Waals surface area contributed by atoms with E-state index in [1.165, 1.54) is 5.56 Å². The summed E-state index contributed by atoms with van der Waals surface area (Å²) in [7, 11) is 2.03. The molecule has 4 rings (SSSR count). The Morgan fingerprint density at radius 3 is 2.76 bits per heavy atom. The van der Waals surface area contributed by atoms with Crippen molar-refractivity contribution < 1.29 is 14.6 Å². The molecule has 1 aromatic heterocycles.